The molecule has 0 atom stereocenters. The van der Waals surface area contributed by atoms with E-state index in [9.17, 15) is 27.3 Å². The van der Waals surface area contributed by atoms with Crippen molar-refractivity contribution in [1.29, 1.82) is 5.26 Å². The smallest absolute Gasteiger partial charge is 0.549 e. The molecule has 4 aromatic rings. The van der Waals surface area contributed by atoms with Crippen molar-refractivity contribution in [2.24, 2.45) is 0 Å². The van der Waals surface area contributed by atoms with Gasteiger partial charge >= 0.3 is 35.6 Å². The van der Waals surface area contributed by atoms with Crippen LogP contribution in [0.15, 0.2) is 66.9 Å². The van der Waals surface area contributed by atoms with E-state index in [2.05, 4.69) is 20.3 Å². The molecular formula is C27H22F2N5NaO5S. The summed E-state index contributed by atoms with van der Waals surface area (Å²) in [6.45, 7) is 0.200. The van der Waals surface area contributed by atoms with E-state index >= 15 is 0 Å². The molecule has 10 nitrogen and oxygen atoms in total. The van der Waals surface area contributed by atoms with E-state index in [1.807, 2.05) is 6.07 Å². The van der Waals surface area contributed by atoms with Crippen LogP contribution in [0.3, 0.4) is 0 Å². The standard InChI is InChI=1S/C27H22F2N5O5S.Na/c1-40(36,37)32-10-2-12-38-26-15-24-21(13-17(26)16-30)25(9-11-31-24)39-20-7-8-23(22(29)14-20)34-27(35)33-19-5-3-18(28)4-6-19;/h3-9,11,13-15H,2,10,12H2,1H3,(H2,33,34,35);/q-1;+1. The summed E-state index contributed by atoms with van der Waals surface area (Å²) in [7, 11) is -3.43. The number of sulfonamides is 1. The minimum absolute atomic E-state index is 0. The fourth-order valence-electron chi connectivity index (χ4n) is 3.53. The monoisotopic (exact) mass is 589 g/mol. The third-order valence-electron chi connectivity index (χ3n) is 5.33. The zero-order chi connectivity index (χ0) is 28.7. The van der Waals surface area contributed by atoms with Crippen LogP contribution in [0.4, 0.5) is 25.0 Å². The molecule has 0 saturated heterocycles. The molecule has 41 heavy (non-hydrogen) atoms. The molecule has 14 heteroatoms. The molecule has 0 saturated carbocycles. The number of amides is 2. The van der Waals surface area contributed by atoms with Crippen molar-refractivity contribution in [2.75, 3.05) is 30.0 Å². The van der Waals surface area contributed by atoms with Gasteiger partial charge in [0.05, 0.1) is 33.4 Å². The number of nitrogens with zero attached hydrogens (tertiary/aromatic N) is 3. The Kier molecular flexibility index (Phi) is 11.0. The number of nitrogens with one attached hydrogen (secondary N) is 2. The van der Waals surface area contributed by atoms with E-state index in [4.69, 9.17) is 9.47 Å². The maximum atomic E-state index is 14.7. The third-order valence-corrected chi connectivity index (χ3v) is 5.98. The van der Waals surface area contributed by atoms with Crippen LogP contribution in [0.1, 0.15) is 12.0 Å². The van der Waals surface area contributed by atoms with Gasteiger partial charge in [-0.1, -0.05) is 0 Å². The summed E-state index contributed by atoms with van der Waals surface area (Å²) in [5.41, 5.74) is 0.868. The molecule has 0 aliphatic heterocycles. The number of hydrogen-bond acceptors (Lipinski definition) is 7. The first kappa shape index (κ1) is 31.7. The van der Waals surface area contributed by atoms with Gasteiger partial charge in [0, 0.05) is 35.7 Å². The average Bonchev–Trinajstić information content (AvgIpc) is 2.90. The summed E-state index contributed by atoms with van der Waals surface area (Å²) in [6.07, 6.45) is 2.81. The van der Waals surface area contributed by atoms with Gasteiger partial charge in [0.1, 0.15) is 35.0 Å². The van der Waals surface area contributed by atoms with Gasteiger partial charge in [-0.2, -0.15) is 5.26 Å². The molecule has 1 aromatic heterocycles. The number of urea groups is 1. The van der Waals surface area contributed by atoms with Crippen molar-refractivity contribution in [3.8, 4) is 23.3 Å². The average molecular weight is 590 g/mol. The number of halogens is 2. The molecule has 1 heterocycles. The minimum atomic E-state index is -3.43. The van der Waals surface area contributed by atoms with Crippen LogP contribution in [0, 0.1) is 23.0 Å². The van der Waals surface area contributed by atoms with Gasteiger partial charge < -0.3 is 24.8 Å². The fourth-order valence-corrected chi connectivity index (χ4v) is 3.99. The Balaban J connectivity index is 0.00000462. The van der Waals surface area contributed by atoms with Crippen LogP contribution in [-0.2, 0) is 10.0 Å². The van der Waals surface area contributed by atoms with Gasteiger partial charge in [0.15, 0.2) is 0 Å². The van der Waals surface area contributed by atoms with Crippen LogP contribution < -0.4 is 49.7 Å². The summed E-state index contributed by atoms with van der Waals surface area (Å²) in [5.74, 6) is -0.527. The van der Waals surface area contributed by atoms with Crippen molar-refractivity contribution in [3.63, 3.8) is 0 Å². The van der Waals surface area contributed by atoms with E-state index < -0.39 is 27.7 Å². The molecule has 0 spiro atoms. The number of anilines is 2. The van der Waals surface area contributed by atoms with Gasteiger partial charge in [-0.3, -0.25) is 4.98 Å². The summed E-state index contributed by atoms with van der Waals surface area (Å²) >= 11 is 0. The second kappa shape index (κ2) is 14.2. The van der Waals surface area contributed by atoms with E-state index in [-0.39, 0.29) is 65.5 Å². The van der Waals surface area contributed by atoms with Crippen LogP contribution in [-0.4, -0.2) is 38.8 Å². The molecule has 3 aromatic carbocycles. The Morgan fingerprint density at radius 1 is 1.05 bits per heavy atom. The van der Waals surface area contributed by atoms with E-state index in [0.29, 0.717) is 28.8 Å². The van der Waals surface area contributed by atoms with Gasteiger partial charge in [-0.15, -0.1) is 6.54 Å². The Morgan fingerprint density at radius 2 is 1.80 bits per heavy atom. The summed E-state index contributed by atoms with van der Waals surface area (Å²) in [6, 6.07) is 14.9. The molecular weight excluding hydrogens is 567 g/mol. The van der Waals surface area contributed by atoms with Crippen LogP contribution in [0.2, 0.25) is 0 Å². The van der Waals surface area contributed by atoms with Crippen molar-refractivity contribution in [1.82, 2.24) is 4.98 Å². The molecule has 4 rings (SSSR count). The SMILES string of the molecule is CS(=O)(=O)[N-]CCCOc1cc2nccc(Oc3ccc(NC(=O)Nc4ccc(F)cc4)c(F)c3)c2cc1C#N.[Na+]. The van der Waals surface area contributed by atoms with Gasteiger partial charge in [-0.05, 0) is 55.0 Å². The minimum Gasteiger partial charge on any atom is -0.549 e. The third kappa shape index (κ3) is 9.10. The molecule has 0 radical (unpaired) electrons. The molecule has 0 fully saturated rings. The number of aromatic nitrogens is 1. The molecule has 0 aliphatic rings. The first-order chi connectivity index (χ1) is 19.1. The molecule has 0 unspecified atom stereocenters. The molecule has 206 valence electrons. The predicted octanol–water partition coefficient (Wildman–Crippen LogP) is 2.93. The second-order valence-corrected chi connectivity index (χ2v) is 10.1. The normalized spacial score (nSPS) is 10.8. The first-order valence-electron chi connectivity index (χ1n) is 11.8. The van der Waals surface area contributed by atoms with Crippen molar-refractivity contribution >= 4 is 38.3 Å². The fraction of sp³-hybridized carbons (Fsp3) is 0.148. The van der Waals surface area contributed by atoms with Gasteiger partial charge in [0.25, 0.3) is 0 Å². The van der Waals surface area contributed by atoms with E-state index in [1.54, 1.807) is 12.1 Å². The predicted molar refractivity (Wildman–Crippen MR) is 145 cm³/mol. The van der Waals surface area contributed by atoms with E-state index in [1.165, 1.54) is 48.7 Å². The number of ether oxygens (including phenoxy) is 2. The maximum absolute atomic E-state index is 14.7. The summed E-state index contributed by atoms with van der Waals surface area (Å²) < 4.78 is 65.0. The Hall–Kier alpha value is -3.80. The van der Waals surface area contributed by atoms with Crippen LogP contribution in [0.25, 0.3) is 15.6 Å². The van der Waals surface area contributed by atoms with Gasteiger partial charge in [0.2, 0.25) is 0 Å². The van der Waals surface area contributed by atoms with Crippen molar-refractivity contribution in [3.05, 3.63) is 88.8 Å². The number of pyridine rings is 1. The Morgan fingerprint density at radius 3 is 2.49 bits per heavy atom. The molecule has 0 bridgehead atoms. The quantitative estimate of drug-likeness (QED) is 0.214. The van der Waals surface area contributed by atoms with Crippen LogP contribution >= 0.6 is 0 Å². The second-order valence-electron chi connectivity index (χ2n) is 8.40. The first-order valence-corrected chi connectivity index (χ1v) is 13.6. The van der Waals surface area contributed by atoms with Crippen molar-refractivity contribution < 1.29 is 61.0 Å². The number of fused-ring (bicyclic) bond motifs is 1. The number of nitriles is 1. The summed E-state index contributed by atoms with van der Waals surface area (Å²) in [4.78, 5) is 16.5. The van der Waals surface area contributed by atoms with Crippen LogP contribution in [0.5, 0.6) is 17.2 Å². The van der Waals surface area contributed by atoms with Crippen molar-refractivity contribution in [2.45, 2.75) is 6.42 Å². The number of carbonyl (C=O) groups excluding carboxylic acids is 1. The number of hydrogen-bond donors (Lipinski definition) is 2. The molecule has 2 amide bonds. The molecule has 0 aliphatic carbocycles. The number of benzene rings is 3. The number of rotatable bonds is 10. The zero-order valence-corrected chi connectivity index (χ0v) is 24.8. The number of carbonyl (C=O) groups is 1. The topological polar surface area (TPSA) is 145 Å². The van der Waals surface area contributed by atoms with Gasteiger partial charge in [-0.25, -0.2) is 22.0 Å². The molecule has 2 N–H and O–H groups in total. The largest absolute Gasteiger partial charge is 1.00 e. The maximum Gasteiger partial charge on any atom is 1.00 e. The Bertz CT molecular complexity index is 1700. The summed E-state index contributed by atoms with van der Waals surface area (Å²) in [5, 5.41) is 14.9. The van der Waals surface area contributed by atoms with E-state index in [0.717, 1.165) is 12.3 Å². The zero-order valence-electron chi connectivity index (χ0n) is 22.0. The Labute approximate surface area is 257 Å².